The van der Waals surface area contributed by atoms with Crippen LogP contribution in [-0.4, -0.2) is 25.0 Å². The van der Waals surface area contributed by atoms with Gasteiger partial charge in [0.1, 0.15) is 0 Å². The first kappa shape index (κ1) is 19.3. The summed E-state index contributed by atoms with van der Waals surface area (Å²) in [6.45, 7) is 4.95. The highest BCUT2D eigenvalue weighted by Gasteiger charge is 2.21. The Hall–Kier alpha value is -2.04. The van der Waals surface area contributed by atoms with Gasteiger partial charge in [0.05, 0.1) is 0 Å². The van der Waals surface area contributed by atoms with E-state index in [0.717, 1.165) is 36.5 Å². The molecule has 0 aromatic heterocycles. The van der Waals surface area contributed by atoms with Gasteiger partial charge in [0.2, 0.25) is 5.91 Å². The van der Waals surface area contributed by atoms with Gasteiger partial charge >= 0.3 is 0 Å². The Bertz CT molecular complexity index is 579. The molecule has 0 spiro atoms. The molecule has 0 saturated heterocycles. The fourth-order valence-corrected chi connectivity index (χ4v) is 3.08. The molecule has 138 valence electrons. The highest BCUT2D eigenvalue weighted by Crippen LogP contribution is 2.25. The van der Waals surface area contributed by atoms with Crippen molar-refractivity contribution in [2.45, 2.75) is 65.0 Å². The molecule has 1 aromatic rings. The maximum atomic E-state index is 12.4. The Kier molecular flexibility index (Phi) is 7.76. The number of hydrogen-bond acceptors (Lipinski definition) is 2. The summed E-state index contributed by atoms with van der Waals surface area (Å²) in [6, 6.07) is 8.41. The lowest BCUT2D eigenvalue weighted by Crippen LogP contribution is -2.41. The van der Waals surface area contributed by atoms with Crippen LogP contribution >= 0.6 is 0 Å². The number of benzene rings is 1. The molecule has 1 aromatic carbocycles. The number of rotatable bonds is 6. The Morgan fingerprint density at radius 1 is 1.28 bits per heavy atom. The Labute approximate surface area is 151 Å². The molecule has 1 atom stereocenters. The van der Waals surface area contributed by atoms with E-state index in [1.165, 1.54) is 19.3 Å². The van der Waals surface area contributed by atoms with Gasteiger partial charge in [-0.2, -0.15) is 0 Å². The number of nitrogens with one attached hydrogen (secondary N) is 3. The molecule has 0 bridgehead atoms. The van der Waals surface area contributed by atoms with Crippen molar-refractivity contribution in [3.8, 4) is 0 Å². The molecule has 5 heteroatoms. The molecule has 25 heavy (non-hydrogen) atoms. The Morgan fingerprint density at radius 3 is 2.72 bits per heavy atom. The number of guanidine groups is 1. The van der Waals surface area contributed by atoms with Crippen molar-refractivity contribution in [2.24, 2.45) is 10.9 Å². The standard InChI is InChI=1S/C20H32N4O/c1-4-15(2)23-20(21-3)22-14-16-9-8-12-18(13-16)24-19(25)17-10-6-5-7-11-17/h8-9,12-13,15,17H,4-7,10-11,14H2,1-3H3,(H,24,25)(H2,21,22,23). The summed E-state index contributed by atoms with van der Waals surface area (Å²) in [4.78, 5) is 16.6. The first-order valence-corrected chi connectivity index (χ1v) is 9.49. The predicted molar refractivity (Wildman–Crippen MR) is 105 cm³/mol. The van der Waals surface area contributed by atoms with Crippen LogP contribution in [0.3, 0.4) is 0 Å². The van der Waals surface area contributed by atoms with Gasteiger partial charge in [-0.1, -0.05) is 38.3 Å². The predicted octanol–water partition coefficient (Wildman–Crippen LogP) is 3.67. The second-order valence-electron chi connectivity index (χ2n) is 6.90. The maximum Gasteiger partial charge on any atom is 0.227 e. The second-order valence-corrected chi connectivity index (χ2v) is 6.90. The van der Waals surface area contributed by atoms with Crippen molar-refractivity contribution >= 4 is 17.6 Å². The number of anilines is 1. The van der Waals surface area contributed by atoms with Crippen molar-refractivity contribution < 1.29 is 4.79 Å². The van der Waals surface area contributed by atoms with Crippen LogP contribution in [0, 0.1) is 5.92 Å². The second kappa shape index (κ2) is 10.1. The highest BCUT2D eigenvalue weighted by molar-refractivity contribution is 5.92. The molecule has 0 radical (unpaired) electrons. The minimum Gasteiger partial charge on any atom is -0.354 e. The van der Waals surface area contributed by atoms with Crippen molar-refractivity contribution in [3.05, 3.63) is 29.8 Å². The van der Waals surface area contributed by atoms with Crippen LogP contribution in [0.4, 0.5) is 5.69 Å². The summed E-state index contributed by atoms with van der Waals surface area (Å²) in [5, 5.41) is 9.75. The number of aliphatic imine (C=N–C) groups is 1. The fourth-order valence-electron chi connectivity index (χ4n) is 3.08. The normalized spacial score (nSPS) is 17.0. The van der Waals surface area contributed by atoms with Crippen molar-refractivity contribution in [1.82, 2.24) is 10.6 Å². The number of nitrogens with zero attached hydrogens (tertiary/aromatic N) is 1. The lowest BCUT2D eigenvalue weighted by atomic mass is 9.88. The molecule has 1 fully saturated rings. The molecule has 0 aliphatic heterocycles. The van der Waals surface area contributed by atoms with Crippen LogP contribution in [0.15, 0.2) is 29.3 Å². The summed E-state index contributed by atoms with van der Waals surface area (Å²) in [6.07, 6.45) is 6.68. The van der Waals surface area contributed by atoms with Crippen molar-refractivity contribution in [1.29, 1.82) is 0 Å². The molecule has 1 amide bonds. The molecule has 0 heterocycles. The van der Waals surface area contributed by atoms with Gasteiger partial charge in [0, 0.05) is 31.2 Å². The van der Waals surface area contributed by atoms with E-state index in [4.69, 9.17) is 0 Å². The quantitative estimate of drug-likeness (QED) is 0.545. The molecule has 1 unspecified atom stereocenters. The molecule has 1 saturated carbocycles. The van der Waals surface area contributed by atoms with Gasteiger partial charge < -0.3 is 16.0 Å². The van der Waals surface area contributed by atoms with Gasteiger partial charge in [-0.3, -0.25) is 9.79 Å². The number of carbonyl (C=O) groups is 1. The molecule has 3 N–H and O–H groups in total. The summed E-state index contributed by atoms with van der Waals surface area (Å²) in [5.74, 6) is 1.14. The number of carbonyl (C=O) groups excluding carboxylic acids is 1. The van der Waals surface area contributed by atoms with E-state index in [1.54, 1.807) is 7.05 Å². The highest BCUT2D eigenvalue weighted by atomic mass is 16.1. The molecular weight excluding hydrogens is 312 g/mol. The first-order valence-electron chi connectivity index (χ1n) is 9.49. The molecule has 2 rings (SSSR count). The zero-order chi connectivity index (χ0) is 18.1. The van der Waals surface area contributed by atoms with Gasteiger partial charge in [-0.15, -0.1) is 0 Å². The minimum atomic E-state index is 0.166. The van der Waals surface area contributed by atoms with Gasteiger partial charge in [-0.05, 0) is 43.9 Å². The number of amides is 1. The fraction of sp³-hybridized carbons (Fsp3) is 0.600. The lowest BCUT2D eigenvalue weighted by Gasteiger charge is -2.21. The lowest BCUT2D eigenvalue weighted by molar-refractivity contribution is -0.120. The topological polar surface area (TPSA) is 65.5 Å². The largest absolute Gasteiger partial charge is 0.354 e. The summed E-state index contributed by atoms with van der Waals surface area (Å²) in [7, 11) is 1.78. The third kappa shape index (κ3) is 6.40. The van der Waals surface area contributed by atoms with E-state index in [2.05, 4.69) is 40.9 Å². The minimum absolute atomic E-state index is 0.166. The Morgan fingerprint density at radius 2 is 2.04 bits per heavy atom. The first-order chi connectivity index (χ1) is 12.1. The van der Waals surface area contributed by atoms with Crippen LogP contribution in [0.5, 0.6) is 0 Å². The van der Waals surface area contributed by atoms with Crippen LogP contribution < -0.4 is 16.0 Å². The van der Waals surface area contributed by atoms with Gasteiger partial charge in [0.25, 0.3) is 0 Å². The van der Waals surface area contributed by atoms with E-state index >= 15 is 0 Å². The third-order valence-corrected chi connectivity index (χ3v) is 4.85. The van der Waals surface area contributed by atoms with Crippen LogP contribution in [0.25, 0.3) is 0 Å². The average molecular weight is 345 g/mol. The van der Waals surface area contributed by atoms with Gasteiger partial charge in [-0.25, -0.2) is 0 Å². The molecule has 1 aliphatic carbocycles. The van der Waals surface area contributed by atoms with E-state index in [9.17, 15) is 4.79 Å². The van der Waals surface area contributed by atoms with Crippen molar-refractivity contribution in [3.63, 3.8) is 0 Å². The van der Waals surface area contributed by atoms with Crippen LogP contribution in [-0.2, 0) is 11.3 Å². The van der Waals surface area contributed by atoms with Crippen LogP contribution in [0.1, 0.15) is 57.9 Å². The average Bonchev–Trinajstić information content (AvgIpc) is 2.65. The van der Waals surface area contributed by atoms with E-state index in [0.29, 0.717) is 12.6 Å². The molecular formula is C20H32N4O. The monoisotopic (exact) mass is 344 g/mol. The smallest absolute Gasteiger partial charge is 0.227 e. The molecule has 1 aliphatic rings. The third-order valence-electron chi connectivity index (χ3n) is 4.85. The van der Waals surface area contributed by atoms with E-state index < -0.39 is 0 Å². The zero-order valence-corrected chi connectivity index (χ0v) is 15.8. The SMILES string of the molecule is CCC(C)NC(=NC)NCc1cccc(NC(=O)C2CCCCC2)c1. The van der Waals surface area contributed by atoms with E-state index in [1.807, 2.05) is 18.2 Å². The summed E-state index contributed by atoms with van der Waals surface area (Å²) in [5.41, 5.74) is 1.99. The van der Waals surface area contributed by atoms with E-state index in [-0.39, 0.29) is 11.8 Å². The summed E-state index contributed by atoms with van der Waals surface area (Å²) < 4.78 is 0. The van der Waals surface area contributed by atoms with Crippen LogP contribution in [0.2, 0.25) is 0 Å². The van der Waals surface area contributed by atoms with Crippen molar-refractivity contribution in [2.75, 3.05) is 12.4 Å². The maximum absolute atomic E-state index is 12.4. The number of hydrogen-bond donors (Lipinski definition) is 3. The Balaban J connectivity index is 1.88. The van der Waals surface area contributed by atoms with Gasteiger partial charge in [0.15, 0.2) is 5.96 Å². The summed E-state index contributed by atoms with van der Waals surface area (Å²) >= 11 is 0. The zero-order valence-electron chi connectivity index (χ0n) is 15.8. The molecule has 5 nitrogen and oxygen atoms in total.